The Hall–Kier alpha value is -2.12. The first kappa shape index (κ1) is 13.3. The van der Waals surface area contributed by atoms with Gasteiger partial charge in [-0.3, -0.25) is 0 Å². The third kappa shape index (κ3) is 3.21. The largest absolute Gasteiger partial charge is 0.480 e. The predicted octanol–water partition coefficient (Wildman–Crippen LogP) is 0.165. The summed E-state index contributed by atoms with van der Waals surface area (Å²) in [6.07, 6.45) is 3.29. The number of aromatic nitrogens is 2. The Morgan fingerprint density at radius 2 is 2.32 bits per heavy atom. The van der Waals surface area contributed by atoms with Crippen molar-refractivity contribution in [2.45, 2.75) is 31.7 Å². The van der Waals surface area contributed by atoms with Gasteiger partial charge in [0.1, 0.15) is 5.54 Å². The number of nitrogens with one attached hydrogen (secondary N) is 2. The Kier molecular flexibility index (Phi) is 3.68. The minimum atomic E-state index is -1.20. The lowest BCUT2D eigenvalue weighted by Gasteiger charge is -2.26. The average Bonchev–Trinajstić information content (AvgIpc) is 3.08. The highest BCUT2D eigenvalue weighted by molar-refractivity contribution is 5.86. The van der Waals surface area contributed by atoms with Crippen LogP contribution in [-0.2, 0) is 11.2 Å². The zero-order valence-electron chi connectivity index (χ0n) is 10.5. The van der Waals surface area contributed by atoms with Gasteiger partial charge in [-0.05, 0) is 25.7 Å². The highest BCUT2D eigenvalue weighted by atomic mass is 16.5. The number of nitrogens with zero attached hydrogens (tertiary/aromatic N) is 2. The molecule has 1 fully saturated rings. The van der Waals surface area contributed by atoms with E-state index in [-0.39, 0.29) is 5.92 Å². The van der Waals surface area contributed by atoms with Gasteiger partial charge in [-0.1, -0.05) is 5.16 Å². The van der Waals surface area contributed by atoms with E-state index in [4.69, 9.17) is 0 Å². The number of rotatable bonds is 6. The van der Waals surface area contributed by atoms with E-state index in [2.05, 4.69) is 25.3 Å². The summed E-state index contributed by atoms with van der Waals surface area (Å²) in [5.41, 5.74) is -1.20. The number of carbonyl (C=O) groups is 2. The molecule has 1 aliphatic rings. The van der Waals surface area contributed by atoms with Gasteiger partial charge in [0.05, 0.1) is 0 Å². The van der Waals surface area contributed by atoms with Gasteiger partial charge in [0.25, 0.3) is 0 Å². The second-order valence-electron chi connectivity index (χ2n) is 4.76. The number of hydrogen-bond acceptors (Lipinski definition) is 5. The van der Waals surface area contributed by atoms with Crippen LogP contribution < -0.4 is 10.6 Å². The zero-order valence-corrected chi connectivity index (χ0v) is 10.5. The normalized spacial score (nSPS) is 17.5. The minimum absolute atomic E-state index is 0.00737. The van der Waals surface area contributed by atoms with E-state index in [0.29, 0.717) is 18.8 Å². The fourth-order valence-corrected chi connectivity index (χ4v) is 1.86. The average molecular weight is 268 g/mol. The molecule has 0 bridgehead atoms. The van der Waals surface area contributed by atoms with Gasteiger partial charge >= 0.3 is 12.0 Å². The summed E-state index contributed by atoms with van der Waals surface area (Å²) < 4.78 is 4.56. The molecule has 0 spiro atoms. The molecule has 8 heteroatoms. The van der Waals surface area contributed by atoms with E-state index < -0.39 is 17.5 Å². The molecule has 8 nitrogen and oxygen atoms in total. The van der Waals surface area contributed by atoms with Crippen molar-refractivity contribution < 1.29 is 19.2 Å². The smallest absolute Gasteiger partial charge is 0.329 e. The summed E-state index contributed by atoms with van der Waals surface area (Å²) >= 11 is 0. The molecule has 1 aromatic heterocycles. The summed E-state index contributed by atoms with van der Waals surface area (Å²) in [6, 6.07) is -0.500. The molecule has 1 atom stereocenters. The molecule has 1 saturated carbocycles. The maximum Gasteiger partial charge on any atom is 0.329 e. The van der Waals surface area contributed by atoms with Crippen molar-refractivity contribution in [2.24, 2.45) is 5.92 Å². The third-order valence-electron chi connectivity index (χ3n) is 3.25. The van der Waals surface area contributed by atoms with Crippen molar-refractivity contribution in [3.8, 4) is 0 Å². The summed E-state index contributed by atoms with van der Waals surface area (Å²) in [5, 5.41) is 17.9. The van der Waals surface area contributed by atoms with Gasteiger partial charge in [0, 0.05) is 13.0 Å². The van der Waals surface area contributed by atoms with E-state index in [1.54, 1.807) is 0 Å². The van der Waals surface area contributed by atoms with Crippen LogP contribution in [0, 0.1) is 5.92 Å². The lowest BCUT2D eigenvalue weighted by atomic mass is 9.96. The van der Waals surface area contributed by atoms with Crippen LogP contribution >= 0.6 is 0 Å². The molecule has 19 heavy (non-hydrogen) atoms. The summed E-state index contributed by atoms with van der Waals surface area (Å²) in [4.78, 5) is 26.7. The van der Waals surface area contributed by atoms with Crippen LogP contribution in [0.3, 0.4) is 0 Å². The van der Waals surface area contributed by atoms with Crippen molar-refractivity contribution in [1.29, 1.82) is 0 Å². The van der Waals surface area contributed by atoms with Crippen LogP contribution in [0.4, 0.5) is 4.79 Å². The molecule has 2 rings (SSSR count). The molecule has 1 heterocycles. The number of urea groups is 1. The van der Waals surface area contributed by atoms with E-state index in [1.807, 2.05) is 0 Å². The van der Waals surface area contributed by atoms with Crippen LogP contribution in [-0.4, -0.2) is 39.3 Å². The highest BCUT2D eigenvalue weighted by Crippen LogP contribution is 2.39. The molecule has 104 valence electrons. The van der Waals surface area contributed by atoms with Crippen molar-refractivity contribution >= 4 is 12.0 Å². The molecule has 0 saturated heterocycles. The monoisotopic (exact) mass is 268 g/mol. The lowest BCUT2D eigenvalue weighted by Crippen LogP contribution is -2.56. The molecular formula is C11H16N4O4. The van der Waals surface area contributed by atoms with Gasteiger partial charge in [-0.15, -0.1) is 0 Å². The number of amides is 2. The molecule has 3 N–H and O–H groups in total. The summed E-state index contributed by atoms with van der Waals surface area (Å²) in [6.45, 7) is 1.84. The molecule has 1 unspecified atom stereocenters. The van der Waals surface area contributed by atoms with Crippen LogP contribution in [0.5, 0.6) is 0 Å². The first-order valence-electron chi connectivity index (χ1n) is 6.07. The van der Waals surface area contributed by atoms with Crippen LogP contribution in [0.2, 0.25) is 0 Å². The first-order chi connectivity index (χ1) is 9.02. The van der Waals surface area contributed by atoms with Crippen LogP contribution in [0.1, 0.15) is 25.6 Å². The Morgan fingerprint density at radius 1 is 1.58 bits per heavy atom. The topological polar surface area (TPSA) is 117 Å². The summed E-state index contributed by atoms with van der Waals surface area (Å²) in [5.74, 6) is -0.514. The quantitative estimate of drug-likeness (QED) is 0.676. The molecule has 1 aliphatic carbocycles. The predicted molar refractivity (Wildman–Crippen MR) is 63.3 cm³/mol. The Labute approximate surface area is 109 Å². The van der Waals surface area contributed by atoms with E-state index in [9.17, 15) is 14.7 Å². The molecule has 0 radical (unpaired) electrons. The van der Waals surface area contributed by atoms with Gasteiger partial charge < -0.3 is 20.3 Å². The SMILES string of the molecule is CC(NC(=O)NCCc1ncon1)(C(=O)O)C1CC1. The van der Waals surface area contributed by atoms with E-state index in [0.717, 1.165) is 12.8 Å². The van der Waals surface area contributed by atoms with Crippen molar-refractivity contribution in [1.82, 2.24) is 20.8 Å². The fraction of sp³-hybridized carbons (Fsp3) is 0.636. The number of carbonyl (C=O) groups excluding carboxylic acids is 1. The summed E-state index contributed by atoms with van der Waals surface area (Å²) in [7, 11) is 0. The molecule has 1 aromatic rings. The van der Waals surface area contributed by atoms with Crippen molar-refractivity contribution in [3.63, 3.8) is 0 Å². The standard InChI is InChI=1S/C11H16N4O4/c1-11(9(16)17,7-2-3-7)14-10(18)12-5-4-8-13-6-19-15-8/h6-7H,2-5H2,1H3,(H,16,17)(H2,12,14,18). The second-order valence-corrected chi connectivity index (χ2v) is 4.76. The highest BCUT2D eigenvalue weighted by Gasteiger charge is 2.48. The number of hydrogen-bond donors (Lipinski definition) is 3. The van der Waals surface area contributed by atoms with Gasteiger partial charge in [0.15, 0.2) is 5.82 Å². The first-order valence-corrected chi connectivity index (χ1v) is 6.07. The van der Waals surface area contributed by atoms with Crippen molar-refractivity contribution in [2.75, 3.05) is 6.54 Å². The molecular weight excluding hydrogens is 252 g/mol. The maximum atomic E-state index is 11.7. The number of aliphatic carboxylic acids is 1. The number of carboxylic acids is 1. The Balaban J connectivity index is 1.78. The van der Waals surface area contributed by atoms with E-state index in [1.165, 1.54) is 13.3 Å². The van der Waals surface area contributed by atoms with Gasteiger partial charge in [-0.25, -0.2) is 9.59 Å². The molecule has 0 aromatic carbocycles. The zero-order chi connectivity index (χ0) is 13.9. The van der Waals surface area contributed by atoms with Crippen LogP contribution in [0.25, 0.3) is 0 Å². The number of carboxylic acid groups (broad SMARTS) is 1. The van der Waals surface area contributed by atoms with Crippen LogP contribution in [0.15, 0.2) is 10.9 Å². The van der Waals surface area contributed by atoms with Gasteiger partial charge in [-0.2, -0.15) is 4.98 Å². The Bertz CT molecular complexity index is 457. The van der Waals surface area contributed by atoms with Gasteiger partial charge in [0.2, 0.25) is 6.39 Å². The molecule has 0 aliphatic heterocycles. The van der Waals surface area contributed by atoms with E-state index >= 15 is 0 Å². The Morgan fingerprint density at radius 3 is 2.84 bits per heavy atom. The third-order valence-corrected chi connectivity index (χ3v) is 3.25. The lowest BCUT2D eigenvalue weighted by molar-refractivity contribution is -0.144. The van der Waals surface area contributed by atoms with Crippen molar-refractivity contribution in [3.05, 3.63) is 12.2 Å². The molecule has 2 amide bonds. The second kappa shape index (κ2) is 5.25. The fourth-order valence-electron chi connectivity index (χ4n) is 1.86. The minimum Gasteiger partial charge on any atom is -0.480 e. The maximum absolute atomic E-state index is 11.7.